The zero-order valence-corrected chi connectivity index (χ0v) is 19.8. The predicted octanol–water partition coefficient (Wildman–Crippen LogP) is 6.14. The van der Waals surface area contributed by atoms with Crippen LogP contribution in [0.2, 0.25) is 10.0 Å². The molecule has 0 N–H and O–H groups in total. The first-order valence-electron chi connectivity index (χ1n) is 10.1. The van der Waals surface area contributed by atoms with Gasteiger partial charge in [0.2, 0.25) is 0 Å². The number of rotatable bonds is 9. The monoisotopic (exact) mass is 491 g/mol. The summed E-state index contributed by atoms with van der Waals surface area (Å²) in [5, 5.41) is 0.646. The van der Waals surface area contributed by atoms with Crippen molar-refractivity contribution in [1.82, 2.24) is 0 Å². The maximum absolute atomic E-state index is 13.4. The van der Waals surface area contributed by atoms with E-state index in [4.69, 9.17) is 27.9 Å². The van der Waals surface area contributed by atoms with Crippen molar-refractivity contribution in [2.45, 2.75) is 31.1 Å². The number of anilines is 1. The van der Waals surface area contributed by atoms with Crippen molar-refractivity contribution in [3.05, 3.63) is 88.4 Å². The number of carbonyl (C=O) groups is 1. The minimum atomic E-state index is -4.15. The van der Waals surface area contributed by atoms with Crippen LogP contribution in [0.1, 0.15) is 25.3 Å². The maximum atomic E-state index is 13.4. The first-order chi connectivity index (χ1) is 15.3. The van der Waals surface area contributed by atoms with E-state index >= 15 is 0 Å². The van der Waals surface area contributed by atoms with Crippen LogP contribution in [-0.2, 0) is 21.2 Å². The van der Waals surface area contributed by atoms with Crippen LogP contribution in [0.4, 0.5) is 5.69 Å². The van der Waals surface area contributed by atoms with Crippen molar-refractivity contribution in [2.24, 2.45) is 0 Å². The Morgan fingerprint density at radius 2 is 1.66 bits per heavy atom. The summed E-state index contributed by atoms with van der Waals surface area (Å²) in [6.07, 6.45) is 2.97. The Hall–Kier alpha value is -2.54. The average Bonchev–Trinajstić information content (AvgIpc) is 2.78. The molecular formula is C24H23Cl2NO4S. The number of carbonyl (C=O) groups excluding carboxylic acids is 1. The van der Waals surface area contributed by atoms with Crippen LogP contribution in [0.25, 0.3) is 0 Å². The topological polar surface area (TPSA) is 63.7 Å². The fourth-order valence-corrected chi connectivity index (χ4v) is 4.98. The van der Waals surface area contributed by atoms with Gasteiger partial charge in [0.25, 0.3) is 15.9 Å². The summed E-state index contributed by atoms with van der Waals surface area (Å²) >= 11 is 12.0. The molecule has 0 spiro atoms. The highest BCUT2D eigenvalue weighted by atomic mass is 35.5. The minimum absolute atomic E-state index is 0.00735. The predicted molar refractivity (Wildman–Crippen MR) is 128 cm³/mol. The quantitative estimate of drug-likeness (QED) is 0.360. The third-order valence-corrected chi connectivity index (χ3v) is 7.04. The normalized spacial score (nSPS) is 11.2. The second kappa shape index (κ2) is 10.9. The van der Waals surface area contributed by atoms with Gasteiger partial charge in [-0.05, 0) is 60.9 Å². The van der Waals surface area contributed by atoms with Crippen molar-refractivity contribution in [3.8, 4) is 5.75 Å². The zero-order valence-electron chi connectivity index (χ0n) is 17.5. The van der Waals surface area contributed by atoms with Crippen LogP contribution in [0.15, 0.2) is 77.7 Å². The van der Waals surface area contributed by atoms with Gasteiger partial charge in [0.05, 0.1) is 15.6 Å². The van der Waals surface area contributed by atoms with Crippen LogP contribution >= 0.6 is 23.2 Å². The van der Waals surface area contributed by atoms with Crippen LogP contribution in [0, 0.1) is 0 Å². The molecule has 0 aromatic heterocycles. The molecule has 32 heavy (non-hydrogen) atoms. The number of ether oxygens (including phenoxy) is 1. The first-order valence-corrected chi connectivity index (χ1v) is 12.3. The largest absolute Gasteiger partial charge is 0.482 e. The van der Waals surface area contributed by atoms with E-state index in [0.717, 1.165) is 29.1 Å². The number of hydrogen-bond donors (Lipinski definition) is 0. The Morgan fingerprint density at radius 1 is 0.969 bits per heavy atom. The molecule has 0 heterocycles. The lowest BCUT2D eigenvalue weighted by atomic mass is 10.1. The summed E-state index contributed by atoms with van der Waals surface area (Å²) in [5.41, 5.74) is 1.31. The molecule has 0 aliphatic carbocycles. The molecule has 0 unspecified atom stereocenters. The van der Waals surface area contributed by atoms with Crippen LogP contribution in [0.3, 0.4) is 0 Å². The summed E-state index contributed by atoms with van der Waals surface area (Å²) in [6.45, 7) is 1.58. The number of nitrogens with zero attached hydrogens (tertiary/aromatic N) is 1. The number of sulfonamides is 1. The van der Waals surface area contributed by atoms with E-state index in [9.17, 15) is 13.2 Å². The molecule has 3 aromatic carbocycles. The second-order valence-corrected chi connectivity index (χ2v) is 9.74. The molecule has 0 atom stereocenters. The lowest BCUT2D eigenvalue weighted by Gasteiger charge is -2.23. The molecule has 168 valence electrons. The highest BCUT2D eigenvalue weighted by molar-refractivity contribution is 7.93. The van der Waals surface area contributed by atoms with Crippen LogP contribution in [-0.4, -0.2) is 20.9 Å². The SMILES string of the molecule is CCCCc1ccc(N(C(=O)COc2ccc(Cl)cc2Cl)S(=O)(=O)c2ccccc2)cc1. The van der Waals surface area contributed by atoms with Gasteiger partial charge in [0.1, 0.15) is 5.75 Å². The van der Waals surface area contributed by atoms with E-state index in [1.807, 2.05) is 12.1 Å². The van der Waals surface area contributed by atoms with Gasteiger partial charge in [0, 0.05) is 5.02 Å². The highest BCUT2D eigenvalue weighted by Crippen LogP contribution is 2.29. The third-order valence-electron chi connectivity index (χ3n) is 4.74. The molecule has 0 radical (unpaired) electrons. The zero-order chi connectivity index (χ0) is 23.1. The molecule has 0 saturated carbocycles. The summed E-state index contributed by atoms with van der Waals surface area (Å²) in [4.78, 5) is 13.1. The molecule has 8 heteroatoms. The van der Waals surface area contributed by atoms with E-state index in [1.165, 1.54) is 24.3 Å². The molecule has 0 aliphatic rings. The maximum Gasteiger partial charge on any atom is 0.278 e. The summed E-state index contributed by atoms with van der Waals surface area (Å²) in [7, 11) is -4.15. The minimum Gasteiger partial charge on any atom is -0.482 e. The fraction of sp³-hybridized carbons (Fsp3) is 0.208. The Morgan fingerprint density at radius 3 is 2.28 bits per heavy atom. The average molecular weight is 492 g/mol. The third kappa shape index (κ3) is 5.82. The van der Waals surface area contributed by atoms with Crippen LogP contribution in [0.5, 0.6) is 5.75 Å². The van der Waals surface area contributed by atoms with Gasteiger partial charge in [-0.1, -0.05) is 66.9 Å². The van der Waals surface area contributed by atoms with E-state index in [2.05, 4.69) is 6.92 Å². The molecule has 5 nitrogen and oxygen atoms in total. The van der Waals surface area contributed by atoms with Gasteiger partial charge in [0.15, 0.2) is 6.61 Å². The molecule has 0 bridgehead atoms. The van der Waals surface area contributed by atoms with Crippen molar-refractivity contribution in [3.63, 3.8) is 0 Å². The Labute approximate surface area is 198 Å². The van der Waals surface area contributed by atoms with Crippen molar-refractivity contribution in [1.29, 1.82) is 0 Å². The molecule has 0 fully saturated rings. The number of unbranched alkanes of at least 4 members (excludes halogenated alkanes) is 1. The van der Waals surface area contributed by atoms with Crippen molar-refractivity contribution >= 4 is 44.8 Å². The number of hydrogen-bond acceptors (Lipinski definition) is 4. The van der Waals surface area contributed by atoms with Gasteiger partial charge >= 0.3 is 0 Å². The Bertz CT molecular complexity index is 1170. The lowest BCUT2D eigenvalue weighted by Crippen LogP contribution is -2.40. The number of halogens is 2. The standard InChI is InChI=1S/C24H23Cl2NO4S/c1-2-3-7-18-10-13-20(14-11-18)27(32(29,30)21-8-5-4-6-9-21)24(28)17-31-23-15-12-19(25)16-22(23)26/h4-6,8-16H,2-3,7,17H2,1H3. The Balaban J connectivity index is 1.92. The fourth-order valence-electron chi connectivity index (χ4n) is 3.08. The molecule has 1 amide bonds. The first kappa shape index (κ1) is 24.1. The summed E-state index contributed by atoms with van der Waals surface area (Å²) in [6, 6.07) is 19.3. The summed E-state index contributed by atoms with van der Waals surface area (Å²) < 4.78 is 33.0. The highest BCUT2D eigenvalue weighted by Gasteiger charge is 2.31. The number of aryl methyl sites for hydroxylation is 1. The smallest absolute Gasteiger partial charge is 0.278 e. The molecule has 3 rings (SSSR count). The van der Waals surface area contributed by atoms with Gasteiger partial charge in [-0.2, -0.15) is 4.31 Å². The van der Waals surface area contributed by atoms with Gasteiger partial charge < -0.3 is 4.74 Å². The van der Waals surface area contributed by atoms with Gasteiger partial charge in [-0.3, -0.25) is 4.79 Å². The van der Waals surface area contributed by atoms with Crippen molar-refractivity contribution in [2.75, 3.05) is 10.9 Å². The second-order valence-electron chi connectivity index (χ2n) is 7.11. The molecular weight excluding hydrogens is 469 g/mol. The van der Waals surface area contributed by atoms with E-state index in [0.29, 0.717) is 5.02 Å². The lowest BCUT2D eigenvalue weighted by molar-refractivity contribution is -0.119. The van der Waals surface area contributed by atoms with Crippen molar-refractivity contribution < 1.29 is 17.9 Å². The molecule has 0 saturated heterocycles. The van der Waals surface area contributed by atoms with Gasteiger partial charge in [-0.15, -0.1) is 0 Å². The van der Waals surface area contributed by atoms with E-state index in [-0.39, 0.29) is 21.4 Å². The molecule has 0 aliphatic heterocycles. The molecule has 3 aromatic rings. The van der Waals surface area contributed by atoms with Crippen LogP contribution < -0.4 is 9.04 Å². The van der Waals surface area contributed by atoms with E-state index in [1.54, 1.807) is 36.4 Å². The Kier molecular flexibility index (Phi) is 8.18. The summed E-state index contributed by atoms with van der Waals surface area (Å²) in [5.74, 6) is -0.516. The number of amides is 1. The number of benzene rings is 3. The van der Waals surface area contributed by atoms with E-state index < -0.39 is 22.5 Å². The van der Waals surface area contributed by atoms with Gasteiger partial charge in [-0.25, -0.2) is 8.42 Å².